The van der Waals surface area contributed by atoms with E-state index in [1.807, 2.05) is 30.3 Å². The summed E-state index contributed by atoms with van der Waals surface area (Å²) in [5, 5.41) is 3.24. The van der Waals surface area contributed by atoms with E-state index in [-0.39, 0.29) is 0 Å². The standard InChI is InChI=1S/C38H23BrN2O/c39-33-21-28(20-27-18-10-11-19-29(27)33)38-40-35(26-16-8-3-9-17-26)37-36(41-38)32-22-30(24-12-4-1-5-13-24)31(23-34(32)42-37)25-14-6-2-7-15-25/h1-23H. The van der Waals surface area contributed by atoms with Gasteiger partial charge in [0.05, 0.1) is 0 Å². The molecule has 8 aromatic rings. The van der Waals surface area contributed by atoms with Crippen molar-refractivity contribution in [3.8, 4) is 44.9 Å². The van der Waals surface area contributed by atoms with E-state index in [9.17, 15) is 0 Å². The highest BCUT2D eigenvalue weighted by Crippen LogP contribution is 2.42. The quantitative estimate of drug-likeness (QED) is 0.201. The molecule has 0 atom stereocenters. The summed E-state index contributed by atoms with van der Waals surface area (Å²) in [7, 11) is 0. The number of rotatable bonds is 4. The molecular weight excluding hydrogens is 580 g/mol. The highest BCUT2D eigenvalue weighted by Gasteiger charge is 2.21. The fourth-order valence-electron chi connectivity index (χ4n) is 5.72. The van der Waals surface area contributed by atoms with Crippen LogP contribution in [0.1, 0.15) is 0 Å². The second-order valence-corrected chi connectivity index (χ2v) is 11.2. The molecule has 0 spiro atoms. The Morgan fingerprint density at radius 3 is 1.79 bits per heavy atom. The zero-order chi connectivity index (χ0) is 28.0. The first kappa shape index (κ1) is 24.7. The molecule has 2 aromatic heterocycles. The Labute approximate surface area is 251 Å². The van der Waals surface area contributed by atoms with Crippen molar-refractivity contribution in [2.75, 3.05) is 0 Å². The molecule has 4 heteroatoms. The molecule has 0 amide bonds. The molecule has 0 bridgehead atoms. The number of aromatic nitrogens is 2. The van der Waals surface area contributed by atoms with Gasteiger partial charge in [-0.15, -0.1) is 0 Å². The Morgan fingerprint density at radius 1 is 0.500 bits per heavy atom. The number of fused-ring (bicyclic) bond motifs is 4. The predicted molar refractivity (Wildman–Crippen MR) is 176 cm³/mol. The van der Waals surface area contributed by atoms with Gasteiger partial charge in [0.25, 0.3) is 0 Å². The van der Waals surface area contributed by atoms with E-state index < -0.39 is 0 Å². The summed E-state index contributed by atoms with van der Waals surface area (Å²) in [6.07, 6.45) is 0. The Bertz CT molecular complexity index is 2240. The fraction of sp³-hybridized carbons (Fsp3) is 0. The van der Waals surface area contributed by atoms with Crippen LogP contribution in [-0.4, -0.2) is 9.97 Å². The summed E-state index contributed by atoms with van der Waals surface area (Å²) < 4.78 is 7.65. The number of halogens is 1. The van der Waals surface area contributed by atoms with Gasteiger partial charge in [0.2, 0.25) is 0 Å². The van der Waals surface area contributed by atoms with Crippen LogP contribution < -0.4 is 0 Å². The van der Waals surface area contributed by atoms with Crippen LogP contribution in [0.5, 0.6) is 0 Å². The summed E-state index contributed by atoms with van der Waals surface area (Å²) in [5.74, 6) is 0.656. The molecule has 2 heterocycles. The van der Waals surface area contributed by atoms with E-state index in [0.29, 0.717) is 11.4 Å². The van der Waals surface area contributed by atoms with Crippen molar-refractivity contribution in [2.45, 2.75) is 0 Å². The van der Waals surface area contributed by atoms with Crippen LogP contribution in [0.2, 0.25) is 0 Å². The highest BCUT2D eigenvalue weighted by atomic mass is 79.9. The summed E-state index contributed by atoms with van der Waals surface area (Å²) in [6.45, 7) is 0. The maximum atomic E-state index is 6.64. The lowest BCUT2D eigenvalue weighted by Crippen LogP contribution is -1.94. The van der Waals surface area contributed by atoms with E-state index in [2.05, 4.69) is 125 Å². The van der Waals surface area contributed by atoms with E-state index in [1.165, 1.54) is 0 Å². The van der Waals surface area contributed by atoms with E-state index in [4.69, 9.17) is 14.4 Å². The van der Waals surface area contributed by atoms with Gasteiger partial charge in [-0.2, -0.15) is 0 Å². The molecule has 3 nitrogen and oxygen atoms in total. The molecule has 0 aliphatic carbocycles. The maximum absolute atomic E-state index is 6.64. The van der Waals surface area contributed by atoms with Crippen molar-refractivity contribution in [3.05, 3.63) is 144 Å². The normalized spacial score (nSPS) is 11.5. The first-order chi connectivity index (χ1) is 20.7. The molecule has 0 saturated carbocycles. The van der Waals surface area contributed by atoms with Gasteiger partial charge in [-0.3, -0.25) is 0 Å². The number of furan rings is 1. The largest absolute Gasteiger partial charge is 0.452 e. The lowest BCUT2D eigenvalue weighted by atomic mass is 9.93. The zero-order valence-corrected chi connectivity index (χ0v) is 24.0. The molecule has 8 rings (SSSR count). The van der Waals surface area contributed by atoms with Crippen LogP contribution in [0.3, 0.4) is 0 Å². The topological polar surface area (TPSA) is 38.9 Å². The lowest BCUT2D eigenvalue weighted by molar-refractivity contribution is 0.667. The molecule has 0 aliphatic rings. The number of hydrogen-bond donors (Lipinski definition) is 0. The number of hydrogen-bond acceptors (Lipinski definition) is 3. The van der Waals surface area contributed by atoms with E-state index in [0.717, 1.165) is 70.8 Å². The van der Waals surface area contributed by atoms with E-state index in [1.54, 1.807) is 0 Å². The second kappa shape index (κ2) is 10.1. The number of benzene rings is 6. The number of nitrogens with zero attached hydrogens (tertiary/aromatic N) is 2. The molecule has 6 aromatic carbocycles. The Hall–Kier alpha value is -5.06. The summed E-state index contributed by atoms with van der Waals surface area (Å²) >= 11 is 3.78. The van der Waals surface area contributed by atoms with Crippen LogP contribution in [-0.2, 0) is 0 Å². The summed E-state index contributed by atoms with van der Waals surface area (Å²) in [5.41, 5.74) is 9.49. The van der Waals surface area contributed by atoms with Gasteiger partial charge >= 0.3 is 0 Å². The predicted octanol–water partition coefficient (Wildman–Crippen LogP) is 11.0. The van der Waals surface area contributed by atoms with Gasteiger partial charge < -0.3 is 4.42 Å². The molecule has 0 N–H and O–H groups in total. The molecule has 0 radical (unpaired) electrons. The van der Waals surface area contributed by atoms with Gasteiger partial charge in [-0.25, -0.2) is 9.97 Å². The first-order valence-electron chi connectivity index (χ1n) is 13.9. The van der Waals surface area contributed by atoms with Crippen molar-refractivity contribution in [2.24, 2.45) is 0 Å². The van der Waals surface area contributed by atoms with Crippen LogP contribution in [0.15, 0.2) is 148 Å². The molecule has 0 fully saturated rings. The van der Waals surface area contributed by atoms with Gasteiger partial charge in [0, 0.05) is 21.0 Å². The minimum absolute atomic E-state index is 0.656. The third kappa shape index (κ3) is 4.20. The van der Waals surface area contributed by atoms with Crippen LogP contribution in [0, 0.1) is 0 Å². The van der Waals surface area contributed by atoms with Crippen LogP contribution in [0.25, 0.3) is 77.7 Å². The highest BCUT2D eigenvalue weighted by molar-refractivity contribution is 9.10. The van der Waals surface area contributed by atoms with Crippen molar-refractivity contribution >= 4 is 48.8 Å². The van der Waals surface area contributed by atoms with Crippen molar-refractivity contribution < 1.29 is 4.42 Å². The van der Waals surface area contributed by atoms with E-state index >= 15 is 0 Å². The smallest absolute Gasteiger partial charge is 0.180 e. The van der Waals surface area contributed by atoms with Gasteiger partial charge in [0.1, 0.15) is 16.8 Å². The Balaban J connectivity index is 1.46. The van der Waals surface area contributed by atoms with Crippen LogP contribution >= 0.6 is 15.9 Å². The van der Waals surface area contributed by atoms with Gasteiger partial charge in [-0.1, -0.05) is 131 Å². The van der Waals surface area contributed by atoms with Crippen molar-refractivity contribution in [1.29, 1.82) is 0 Å². The first-order valence-corrected chi connectivity index (χ1v) is 14.7. The Kier molecular flexibility index (Phi) is 5.94. The minimum Gasteiger partial charge on any atom is -0.452 e. The average molecular weight is 604 g/mol. The molecule has 0 saturated heterocycles. The van der Waals surface area contributed by atoms with Crippen LogP contribution in [0.4, 0.5) is 0 Å². The second-order valence-electron chi connectivity index (χ2n) is 10.3. The molecular formula is C38H23BrN2O. The zero-order valence-electron chi connectivity index (χ0n) is 22.5. The molecule has 198 valence electrons. The average Bonchev–Trinajstić information content (AvgIpc) is 3.42. The third-order valence-corrected chi connectivity index (χ3v) is 8.39. The lowest BCUT2D eigenvalue weighted by Gasteiger charge is -2.11. The summed E-state index contributed by atoms with van der Waals surface area (Å²) in [4.78, 5) is 10.3. The van der Waals surface area contributed by atoms with Crippen molar-refractivity contribution in [1.82, 2.24) is 9.97 Å². The van der Waals surface area contributed by atoms with Gasteiger partial charge in [0.15, 0.2) is 11.4 Å². The maximum Gasteiger partial charge on any atom is 0.180 e. The van der Waals surface area contributed by atoms with Crippen molar-refractivity contribution in [3.63, 3.8) is 0 Å². The molecule has 0 unspecified atom stereocenters. The monoisotopic (exact) mass is 602 g/mol. The Morgan fingerprint density at radius 2 is 1.10 bits per heavy atom. The minimum atomic E-state index is 0.656. The fourth-order valence-corrected chi connectivity index (χ4v) is 6.32. The third-order valence-electron chi connectivity index (χ3n) is 7.74. The SMILES string of the molecule is Brc1cc(-c2nc(-c3ccccc3)c3oc4cc(-c5ccccc5)c(-c5ccccc5)cc4c3n2)cc2ccccc12. The molecule has 0 aliphatic heterocycles. The molecule has 42 heavy (non-hydrogen) atoms. The van der Waals surface area contributed by atoms with Gasteiger partial charge in [-0.05, 0) is 57.3 Å². The summed E-state index contributed by atoms with van der Waals surface area (Å²) in [6, 6.07) is 48.1.